The predicted molar refractivity (Wildman–Crippen MR) is 170 cm³/mol. The summed E-state index contributed by atoms with van der Waals surface area (Å²) in [7, 11) is 0. The molecule has 0 saturated carbocycles. The molecule has 0 spiro atoms. The van der Waals surface area contributed by atoms with Gasteiger partial charge in [-0.15, -0.1) is 0 Å². The van der Waals surface area contributed by atoms with Crippen LogP contribution in [-0.4, -0.2) is 66.0 Å². The number of nitrogens with zero attached hydrogens (tertiary/aromatic N) is 3. The average molecular weight is 551 g/mol. The highest BCUT2D eigenvalue weighted by Crippen LogP contribution is 2.23. The smallest absolute Gasteiger partial charge is 0.227 e. The molecule has 7 nitrogen and oxygen atoms in total. The van der Waals surface area contributed by atoms with Gasteiger partial charge in [-0.25, -0.2) is 0 Å². The van der Waals surface area contributed by atoms with Crippen LogP contribution in [0.3, 0.4) is 0 Å². The molecule has 4 aromatic rings. The van der Waals surface area contributed by atoms with Gasteiger partial charge >= 0.3 is 0 Å². The van der Waals surface area contributed by atoms with E-state index in [9.17, 15) is 4.79 Å². The van der Waals surface area contributed by atoms with Gasteiger partial charge in [0.2, 0.25) is 5.91 Å². The first-order chi connectivity index (χ1) is 19.9. The van der Waals surface area contributed by atoms with Crippen molar-refractivity contribution >= 4 is 33.4 Å². The zero-order valence-corrected chi connectivity index (χ0v) is 24.0. The first-order valence-electron chi connectivity index (χ1n) is 14.7. The molecule has 214 valence electrons. The van der Waals surface area contributed by atoms with Crippen molar-refractivity contribution in [2.75, 3.05) is 26.2 Å². The molecule has 1 saturated heterocycles. The fraction of sp³-hybridized carbons (Fsp3) is 0.353. The van der Waals surface area contributed by atoms with E-state index in [-0.39, 0.29) is 30.0 Å². The largest absolute Gasteiger partial charge is 0.370 e. The second-order valence-electron chi connectivity index (χ2n) is 11.5. The molecule has 0 aliphatic carbocycles. The zero-order chi connectivity index (χ0) is 28.8. The highest BCUT2D eigenvalue weighted by atomic mass is 16.2. The fourth-order valence-corrected chi connectivity index (χ4v) is 6.18. The molecule has 3 atom stereocenters. The number of guanidine groups is 1. The number of carbonyl (C=O) groups excluding carboxylic acids is 1. The van der Waals surface area contributed by atoms with Gasteiger partial charge in [-0.3, -0.25) is 14.7 Å². The van der Waals surface area contributed by atoms with Gasteiger partial charge in [0.05, 0.1) is 6.42 Å². The predicted octanol–water partition coefficient (Wildman–Crippen LogP) is 4.06. The van der Waals surface area contributed by atoms with Crippen molar-refractivity contribution in [2.45, 2.75) is 50.7 Å². The molecule has 5 rings (SSSR count). The Morgan fingerprint density at radius 3 is 2.15 bits per heavy atom. The maximum absolute atomic E-state index is 13.5. The molecule has 41 heavy (non-hydrogen) atoms. The van der Waals surface area contributed by atoms with Crippen LogP contribution in [0.2, 0.25) is 0 Å². The molecule has 4 aromatic carbocycles. The van der Waals surface area contributed by atoms with Gasteiger partial charge in [0, 0.05) is 44.3 Å². The van der Waals surface area contributed by atoms with Crippen molar-refractivity contribution in [3.63, 3.8) is 0 Å². The van der Waals surface area contributed by atoms with E-state index in [4.69, 9.17) is 17.2 Å². The van der Waals surface area contributed by atoms with Gasteiger partial charge in [-0.1, -0.05) is 84.9 Å². The SMILES string of the molecule is C[C@H]1CN(C(=O)Cc2ccc3ccccc3c2)CC(CCCN=C(N)N)N1C[C@@H](N)Cc1ccc2ccccc2c1. The van der Waals surface area contributed by atoms with E-state index in [0.717, 1.165) is 36.8 Å². The summed E-state index contributed by atoms with van der Waals surface area (Å²) in [5.41, 5.74) is 20.2. The number of piperazine rings is 1. The molecule has 1 aliphatic heterocycles. The lowest BCUT2D eigenvalue weighted by Gasteiger charge is -2.47. The summed E-state index contributed by atoms with van der Waals surface area (Å²) in [6.07, 6.45) is 2.95. The highest BCUT2D eigenvalue weighted by molar-refractivity contribution is 5.85. The highest BCUT2D eigenvalue weighted by Gasteiger charge is 2.34. The van der Waals surface area contributed by atoms with E-state index >= 15 is 0 Å². The Kier molecular flexibility index (Phi) is 9.17. The number of hydrogen-bond donors (Lipinski definition) is 3. The molecule has 1 amide bonds. The van der Waals surface area contributed by atoms with E-state index < -0.39 is 0 Å². The van der Waals surface area contributed by atoms with Crippen molar-refractivity contribution in [1.82, 2.24) is 9.80 Å². The van der Waals surface area contributed by atoms with Crippen molar-refractivity contribution < 1.29 is 4.79 Å². The summed E-state index contributed by atoms with van der Waals surface area (Å²) < 4.78 is 0. The average Bonchev–Trinajstić information content (AvgIpc) is 2.96. The van der Waals surface area contributed by atoms with Crippen molar-refractivity contribution in [1.29, 1.82) is 0 Å². The number of aliphatic imine (C=N–C) groups is 1. The third-order valence-electron chi connectivity index (χ3n) is 8.22. The van der Waals surface area contributed by atoms with Crippen molar-refractivity contribution in [3.8, 4) is 0 Å². The molecule has 7 heteroatoms. The van der Waals surface area contributed by atoms with Gasteiger partial charge in [-0.05, 0) is 58.9 Å². The number of rotatable bonds is 10. The topological polar surface area (TPSA) is 114 Å². The van der Waals surface area contributed by atoms with Gasteiger partial charge < -0.3 is 22.1 Å². The van der Waals surface area contributed by atoms with Gasteiger partial charge in [0.15, 0.2) is 5.96 Å². The van der Waals surface area contributed by atoms with Crippen LogP contribution in [0.25, 0.3) is 21.5 Å². The maximum atomic E-state index is 13.5. The standard InChI is InChI=1S/C34H42N6O/c1-24-21-39(33(41)20-26-13-15-28-8-3-5-10-30(28)18-26)23-32(11-6-16-38-34(36)37)40(24)22-31(35)19-25-12-14-27-7-2-4-9-29(27)17-25/h2-5,7-10,12-15,17-18,24,31-32H,6,11,16,19-23,35H2,1H3,(H4,36,37,38)/t24-,31-,32?/m0/s1. The Bertz CT molecular complexity index is 1510. The second kappa shape index (κ2) is 13.1. The molecule has 1 heterocycles. The van der Waals surface area contributed by atoms with E-state index in [2.05, 4.69) is 89.6 Å². The second-order valence-corrected chi connectivity index (χ2v) is 11.5. The third-order valence-corrected chi connectivity index (χ3v) is 8.22. The summed E-state index contributed by atoms with van der Waals surface area (Å²) >= 11 is 0. The molecule has 1 fully saturated rings. The first kappa shape index (κ1) is 28.6. The van der Waals surface area contributed by atoms with Gasteiger partial charge in [0.25, 0.3) is 0 Å². The molecule has 1 unspecified atom stereocenters. The van der Waals surface area contributed by atoms with Crippen molar-refractivity contribution in [2.24, 2.45) is 22.2 Å². The summed E-state index contributed by atoms with van der Waals surface area (Å²) in [5.74, 6) is 0.282. The Morgan fingerprint density at radius 2 is 1.49 bits per heavy atom. The van der Waals surface area contributed by atoms with Crippen LogP contribution in [-0.2, 0) is 17.6 Å². The minimum Gasteiger partial charge on any atom is -0.370 e. The molecule has 0 bridgehead atoms. The van der Waals surface area contributed by atoms with Gasteiger partial charge in [-0.2, -0.15) is 0 Å². The normalized spacial score (nSPS) is 18.4. The lowest BCUT2D eigenvalue weighted by molar-refractivity contribution is -0.135. The quantitative estimate of drug-likeness (QED) is 0.157. The minimum atomic E-state index is -0.0151. The molecular formula is C34H42N6O. The number of hydrogen-bond acceptors (Lipinski definition) is 4. The van der Waals surface area contributed by atoms with Crippen molar-refractivity contribution in [3.05, 3.63) is 96.1 Å². The van der Waals surface area contributed by atoms with Crippen LogP contribution < -0.4 is 17.2 Å². The van der Waals surface area contributed by atoms with E-state index in [1.54, 1.807) is 0 Å². The maximum Gasteiger partial charge on any atom is 0.227 e. The summed E-state index contributed by atoms with van der Waals surface area (Å²) in [6.45, 7) is 4.94. The van der Waals surface area contributed by atoms with Crippen LogP contribution in [0.1, 0.15) is 30.9 Å². The van der Waals surface area contributed by atoms with Gasteiger partial charge in [0.1, 0.15) is 0 Å². The van der Waals surface area contributed by atoms with E-state index in [1.165, 1.54) is 21.7 Å². The van der Waals surface area contributed by atoms with Crippen LogP contribution >= 0.6 is 0 Å². The molecule has 6 N–H and O–H groups in total. The number of amides is 1. The van der Waals surface area contributed by atoms with E-state index in [0.29, 0.717) is 26.1 Å². The number of fused-ring (bicyclic) bond motifs is 2. The number of carbonyl (C=O) groups is 1. The monoisotopic (exact) mass is 550 g/mol. The Hall–Kier alpha value is -3.94. The third kappa shape index (κ3) is 7.43. The Morgan fingerprint density at radius 1 is 0.878 bits per heavy atom. The molecule has 1 aliphatic rings. The van der Waals surface area contributed by atoms with E-state index in [1.807, 2.05) is 17.0 Å². The Labute approximate surface area is 243 Å². The van der Waals surface area contributed by atoms with Crippen LogP contribution in [0.5, 0.6) is 0 Å². The number of nitrogens with two attached hydrogens (primary N) is 3. The Balaban J connectivity index is 1.26. The summed E-state index contributed by atoms with van der Waals surface area (Å²) in [5, 5.41) is 4.83. The zero-order valence-electron chi connectivity index (χ0n) is 24.0. The molecule has 0 aromatic heterocycles. The molecule has 0 radical (unpaired) electrons. The summed E-state index contributed by atoms with van der Waals surface area (Å²) in [4.78, 5) is 22.2. The van der Waals surface area contributed by atoms with Crippen LogP contribution in [0.4, 0.5) is 0 Å². The van der Waals surface area contributed by atoms with Crippen LogP contribution in [0, 0.1) is 0 Å². The minimum absolute atomic E-state index is 0.0151. The molecular weight excluding hydrogens is 508 g/mol. The lowest BCUT2D eigenvalue weighted by Crippen LogP contribution is -2.61. The summed E-state index contributed by atoms with van der Waals surface area (Å²) in [6, 6.07) is 29.9. The first-order valence-corrected chi connectivity index (χ1v) is 14.7. The van der Waals surface area contributed by atoms with Crippen LogP contribution in [0.15, 0.2) is 89.9 Å². The fourth-order valence-electron chi connectivity index (χ4n) is 6.18. The lowest BCUT2D eigenvalue weighted by atomic mass is 9.97. The number of benzene rings is 4.